The largest absolute Gasteiger partial charge is 0.416 e. The van der Waals surface area contributed by atoms with E-state index in [0.717, 1.165) is 17.7 Å². The van der Waals surface area contributed by atoms with Crippen molar-refractivity contribution >= 4 is 28.2 Å². The van der Waals surface area contributed by atoms with E-state index in [1.807, 2.05) is 6.92 Å². The zero-order chi connectivity index (χ0) is 20.1. The van der Waals surface area contributed by atoms with Crippen LogP contribution in [0.15, 0.2) is 48.1 Å². The van der Waals surface area contributed by atoms with Gasteiger partial charge in [0.1, 0.15) is 11.3 Å². The van der Waals surface area contributed by atoms with E-state index in [1.54, 1.807) is 12.1 Å². The van der Waals surface area contributed by atoms with Gasteiger partial charge in [0.2, 0.25) is 5.13 Å². The van der Waals surface area contributed by atoms with Crippen molar-refractivity contribution in [2.45, 2.75) is 19.0 Å². The number of aromatic nitrogens is 3. The average molecular weight is 407 g/mol. The maximum atomic E-state index is 12.6. The molecule has 0 aliphatic rings. The first-order valence-corrected chi connectivity index (χ1v) is 9.15. The third kappa shape index (κ3) is 5.03. The molecule has 2 aromatic heterocycles. The Morgan fingerprint density at radius 2 is 1.93 bits per heavy atom. The predicted octanol–water partition coefficient (Wildman–Crippen LogP) is 4.42. The van der Waals surface area contributed by atoms with Gasteiger partial charge in [-0.15, -0.1) is 10.2 Å². The lowest BCUT2D eigenvalue weighted by atomic mass is 9.99. The number of alkyl halides is 3. The maximum absolute atomic E-state index is 12.6. The second-order valence-electron chi connectivity index (χ2n) is 6.03. The number of nitrogens with zero attached hydrogens (tertiary/aromatic N) is 3. The summed E-state index contributed by atoms with van der Waals surface area (Å²) in [6.45, 7) is 2.38. The molecule has 0 aliphatic heterocycles. The fourth-order valence-corrected chi connectivity index (χ4v) is 2.85. The van der Waals surface area contributed by atoms with Crippen LogP contribution in [0.2, 0.25) is 0 Å². The van der Waals surface area contributed by atoms with Crippen molar-refractivity contribution in [3.63, 3.8) is 0 Å². The molecule has 0 radical (unpaired) electrons. The number of hydrogen-bond donors (Lipinski definition) is 2. The van der Waals surface area contributed by atoms with Crippen molar-refractivity contribution in [1.29, 1.82) is 0 Å². The molecule has 3 rings (SSSR count). The molecule has 0 bridgehead atoms. The van der Waals surface area contributed by atoms with Gasteiger partial charge in [-0.1, -0.05) is 30.4 Å². The molecule has 3 aromatic rings. The van der Waals surface area contributed by atoms with Gasteiger partial charge >= 0.3 is 6.18 Å². The molecule has 0 saturated heterocycles. The van der Waals surface area contributed by atoms with Gasteiger partial charge in [-0.3, -0.25) is 10.1 Å². The summed E-state index contributed by atoms with van der Waals surface area (Å²) in [5.41, 5.74) is 2.00. The highest BCUT2D eigenvalue weighted by Gasteiger charge is 2.30. The maximum Gasteiger partial charge on any atom is 0.416 e. The number of carbonyl (C=O) groups is 1. The Morgan fingerprint density at radius 1 is 1.18 bits per heavy atom. The number of hydrogen-bond acceptors (Lipinski definition) is 6. The molecule has 0 spiro atoms. The lowest BCUT2D eigenvalue weighted by Gasteiger charge is -2.15. The fourth-order valence-electron chi connectivity index (χ4n) is 2.41. The molecular formula is C18H16F3N5OS. The molecule has 6 nitrogen and oxygen atoms in total. The van der Waals surface area contributed by atoms with Crippen LogP contribution in [0.5, 0.6) is 0 Å². The Bertz CT molecular complexity index is 912. The summed E-state index contributed by atoms with van der Waals surface area (Å²) in [7, 11) is 0. The number of rotatable bonds is 6. The predicted molar refractivity (Wildman–Crippen MR) is 100 cm³/mol. The number of benzene rings is 1. The first-order chi connectivity index (χ1) is 13.3. The van der Waals surface area contributed by atoms with E-state index in [9.17, 15) is 18.0 Å². The molecule has 10 heteroatoms. The molecule has 2 N–H and O–H groups in total. The fraction of sp³-hybridized carbons (Fsp3) is 0.222. The van der Waals surface area contributed by atoms with Crippen LogP contribution in [-0.2, 0) is 6.18 Å². The van der Waals surface area contributed by atoms with E-state index in [2.05, 4.69) is 25.8 Å². The van der Waals surface area contributed by atoms with E-state index < -0.39 is 11.7 Å². The minimum atomic E-state index is -4.34. The molecule has 1 amide bonds. The molecule has 146 valence electrons. The highest BCUT2D eigenvalue weighted by atomic mass is 32.1. The molecule has 1 aromatic carbocycles. The molecule has 28 heavy (non-hydrogen) atoms. The van der Waals surface area contributed by atoms with Crippen LogP contribution >= 0.6 is 11.3 Å². The lowest BCUT2D eigenvalue weighted by Crippen LogP contribution is -2.14. The topological polar surface area (TPSA) is 79.8 Å². The van der Waals surface area contributed by atoms with Gasteiger partial charge in [-0.05, 0) is 35.7 Å². The zero-order valence-electron chi connectivity index (χ0n) is 14.7. The molecule has 1 unspecified atom stereocenters. The summed E-state index contributed by atoms with van der Waals surface area (Å²) in [5.74, 6) is 0.199. The van der Waals surface area contributed by atoms with E-state index in [1.165, 1.54) is 35.2 Å². The van der Waals surface area contributed by atoms with Crippen molar-refractivity contribution in [3.8, 4) is 0 Å². The summed E-state index contributed by atoms with van der Waals surface area (Å²) in [6, 6.07) is 8.39. The molecule has 0 saturated carbocycles. The van der Waals surface area contributed by atoms with E-state index in [4.69, 9.17) is 0 Å². The van der Waals surface area contributed by atoms with Crippen molar-refractivity contribution in [3.05, 3.63) is 64.8 Å². The molecule has 2 heterocycles. The van der Waals surface area contributed by atoms with Gasteiger partial charge in [-0.2, -0.15) is 13.2 Å². The number of carbonyl (C=O) groups excluding carboxylic acids is 1. The minimum absolute atomic E-state index is 0.0236. The average Bonchev–Trinajstić information content (AvgIpc) is 3.19. The SMILES string of the molecule is CC(CNc1ccc(C(=O)Nc2nncs2)cn1)c1ccc(C(F)(F)F)cc1. The first kappa shape index (κ1) is 19.7. The third-order valence-corrected chi connectivity index (χ3v) is 4.61. The van der Waals surface area contributed by atoms with E-state index in [-0.39, 0.29) is 11.8 Å². The third-order valence-electron chi connectivity index (χ3n) is 4.00. The van der Waals surface area contributed by atoms with Gasteiger partial charge < -0.3 is 5.32 Å². The first-order valence-electron chi connectivity index (χ1n) is 8.27. The van der Waals surface area contributed by atoms with Crippen molar-refractivity contribution < 1.29 is 18.0 Å². The van der Waals surface area contributed by atoms with Crippen molar-refractivity contribution in [1.82, 2.24) is 15.2 Å². The zero-order valence-corrected chi connectivity index (χ0v) is 15.5. The molecule has 0 fully saturated rings. The normalized spacial score (nSPS) is 12.4. The number of amides is 1. The summed E-state index contributed by atoms with van der Waals surface area (Å²) in [6.07, 6.45) is -2.91. The van der Waals surface area contributed by atoms with Gasteiger partial charge in [0.25, 0.3) is 5.91 Å². The van der Waals surface area contributed by atoms with E-state index >= 15 is 0 Å². The van der Waals surface area contributed by atoms with Crippen LogP contribution in [0.1, 0.15) is 34.3 Å². The number of halogens is 3. The van der Waals surface area contributed by atoms with Gasteiger partial charge in [0, 0.05) is 12.7 Å². The second kappa shape index (κ2) is 8.34. The summed E-state index contributed by atoms with van der Waals surface area (Å²) in [4.78, 5) is 16.2. The van der Waals surface area contributed by atoms with Gasteiger partial charge in [0.15, 0.2) is 0 Å². The molecule has 0 aliphatic carbocycles. The lowest BCUT2D eigenvalue weighted by molar-refractivity contribution is -0.137. The van der Waals surface area contributed by atoms with Crippen LogP contribution in [-0.4, -0.2) is 27.6 Å². The second-order valence-corrected chi connectivity index (χ2v) is 6.87. The smallest absolute Gasteiger partial charge is 0.369 e. The monoisotopic (exact) mass is 407 g/mol. The molecular weight excluding hydrogens is 391 g/mol. The summed E-state index contributed by atoms with van der Waals surface area (Å²) < 4.78 is 37.9. The number of nitrogens with one attached hydrogen (secondary N) is 2. The van der Waals surface area contributed by atoms with Crippen LogP contribution in [0, 0.1) is 0 Å². The quantitative estimate of drug-likeness (QED) is 0.632. The summed E-state index contributed by atoms with van der Waals surface area (Å²) >= 11 is 1.21. The highest BCUT2D eigenvalue weighted by Crippen LogP contribution is 2.30. The number of pyridine rings is 1. The Balaban J connectivity index is 1.55. The minimum Gasteiger partial charge on any atom is -0.369 e. The highest BCUT2D eigenvalue weighted by molar-refractivity contribution is 7.13. The van der Waals surface area contributed by atoms with E-state index in [0.29, 0.717) is 23.1 Å². The van der Waals surface area contributed by atoms with Crippen molar-refractivity contribution in [2.75, 3.05) is 17.2 Å². The Hall–Kier alpha value is -3.01. The van der Waals surface area contributed by atoms with Gasteiger partial charge in [0.05, 0.1) is 11.1 Å². The Kier molecular flexibility index (Phi) is 5.88. The van der Waals surface area contributed by atoms with Crippen molar-refractivity contribution in [2.24, 2.45) is 0 Å². The Morgan fingerprint density at radius 3 is 2.50 bits per heavy atom. The van der Waals surface area contributed by atoms with Crippen LogP contribution < -0.4 is 10.6 Å². The van der Waals surface area contributed by atoms with Crippen LogP contribution in [0.25, 0.3) is 0 Å². The van der Waals surface area contributed by atoms with Gasteiger partial charge in [-0.25, -0.2) is 4.98 Å². The summed E-state index contributed by atoms with van der Waals surface area (Å²) in [5, 5.41) is 13.5. The van der Waals surface area contributed by atoms with Crippen LogP contribution in [0.3, 0.4) is 0 Å². The number of anilines is 2. The van der Waals surface area contributed by atoms with Crippen LogP contribution in [0.4, 0.5) is 24.1 Å². The standard InChI is InChI=1S/C18H16F3N5OS/c1-11(12-2-5-14(6-3-12)18(19,20)21)8-22-15-7-4-13(9-23-15)16(27)25-17-26-24-10-28-17/h2-7,9-11H,8H2,1H3,(H,22,23)(H,25,26,27). The molecule has 1 atom stereocenters. The Labute approximate surface area is 162 Å².